The predicted molar refractivity (Wildman–Crippen MR) is 62.1 cm³/mol. The van der Waals surface area contributed by atoms with Crippen molar-refractivity contribution in [3.05, 3.63) is 53.1 Å². The highest BCUT2D eigenvalue weighted by atomic mass is 14.1. The highest BCUT2D eigenvalue weighted by Gasteiger charge is 2.04. The lowest BCUT2D eigenvalue weighted by Crippen LogP contribution is -1.90. The van der Waals surface area contributed by atoms with Crippen molar-refractivity contribution in [3.8, 4) is 0 Å². The number of allylic oxidation sites excluding steroid dienone is 4. The van der Waals surface area contributed by atoms with Gasteiger partial charge in [-0.2, -0.15) is 0 Å². The molecule has 0 heteroatoms. The molecule has 14 heavy (non-hydrogen) atoms. The number of hydrogen-bond acceptors (Lipinski definition) is 0. The topological polar surface area (TPSA) is 0 Å². The molecule has 0 fully saturated rings. The molecule has 0 atom stereocenters. The fourth-order valence-electron chi connectivity index (χ4n) is 1.86. The molecule has 1 aromatic carbocycles. The second-order valence-electron chi connectivity index (χ2n) is 4.02. The van der Waals surface area contributed by atoms with Crippen LogP contribution in [-0.2, 0) is 0 Å². The van der Waals surface area contributed by atoms with Gasteiger partial charge in [0.1, 0.15) is 0 Å². The Morgan fingerprint density at radius 2 is 1.71 bits per heavy atom. The van der Waals surface area contributed by atoms with Crippen molar-refractivity contribution in [3.63, 3.8) is 0 Å². The summed E-state index contributed by atoms with van der Waals surface area (Å²) in [6.07, 6.45) is 6.97. The summed E-state index contributed by atoms with van der Waals surface area (Å²) < 4.78 is 0. The smallest absolute Gasteiger partial charge is 0.0224 e. The number of hydrogen-bond donors (Lipinski definition) is 0. The standard InChI is InChI=1S/C14H16/c1-11-6-8-13(9-7-11)14-5-3-4-12(2)10-14/h4,6-10H,3,5H2,1-2H3. The summed E-state index contributed by atoms with van der Waals surface area (Å²) in [6.45, 7) is 4.30. The van der Waals surface area contributed by atoms with Crippen molar-refractivity contribution < 1.29 is 0 Å². The highest BCUT2D eigenvalue weighted by Crippen LogP contribution is 2.26. The molecule has 2 rings (SSSR count). The van der Waals surface area contributed by atoms with E-state index in [0.29, 0.717) is 0 Å². The van der Waals surface area contributed by atoms with E-state index in [1.54, 1.807) is 0 Å². The van der Waals surface area contributed by atoms with E-state index in [2.05, 4.69) is 50.3 Å². The molecule has 0 bridgehead atoms. The minimum atomic E-state index is 1.18. The van der Waals surface area contributed by atoms with Crippen molar-refractivity contribution in [1.82, 2.24) is 0 Å². The van der Waals surface area contributed by atoms with Crippen LogP contribution < -0.4 is 0 Å². The summed E-state index contributed by atoms with van der Waals surface area (Å²) in [6, 6.07) is 8.81. The van der Waals surface area contributed by atoms with Gasteiger partial charge in [-0.15, -0.1) is 0 Å². The lowest BCUT2D eigenvalue weighted by molar-refractivity contribution is 1.03. The van der Waals surface area contributed by atoms with Gasteiger partial charge in [0.2, 0.25) is 0 Å². The first kappa shape index (κ1) is 9.26. The molecule has 0 nitrogen and oxygen atoms in total. The summed E-state index contributed by atoms with van der Waals surface area (Å²) in [5, 5.41) is 0. The molecule has 0 amide bonds. The summed E-state index contributed by atoms with van der Waals surface area (Å²) in [7, 11) is 0. The van der Waals surface area contributed by atoms with Gasteiger partial charge >= 0.3 is 0 Å². The van der Waals surface area contributed by atoms with Crippen LogP contribution in [0.1, 0.15) is 30.9 Å². The summed E-state index contributed by atoms with van der Waals surface area (Å²) >= 11 is 0. The third kappa shape index (κ3) is 1.95. The van der Waals surface area contributed by atoms with Crippen LogP contribution in [0.15, 0.2) is 42.0 Å². The molecule has 0 saturated carbocycles. The molecule has 0 radical (unpaired) electrons. The lowest BCUT2D eigenvalue weighted by Gasteiger charge is -2.11. The maximum Gasteiger partial charge on any atom is -0.0224 e. The van der Waals surface area contributed by atoms with E-state index in [-0.39, 0.29) is 0 Å². The Balaban J connectivity index is 2.31. The normalized spacial score (nSPS) is 16.1. The molecule has 0 aliphatic heterocycles. The van der Waals surface area contributed by atoms with Gasteiger partial charge in [-0.05, 0) is 37.8 Å². The largest absolute Gasteiger partial charge is 0.0813 e. The molecular weight excluding hydrogens is 168 g/mol. The van der Waals surface area contributed by atoms with E-state index in [1.807, 2.05) is 0 Å². The number of rotatable bonds is 1. The van der Waals surface area contributed by atoms with Crippen molar-refractivity contribution in [2.75, 3.05) is 0 Å². The molecule has 0 spiro atoms. The van der Waals surface area contributed by atoms with Crippen LogP contribution in [0, 0.1) is 6.92 Å². The summed E-state index contributed by atoms with van der Waals surface area (Å²) in [5.41, 5.74) is 5.58. The van der Waals surface area contributed by atoms with Crippen LogP contribution in [0.3, 0.4) is 0 Å². The zero-order chi connectivity index (χ0) is 9.97. The van der Waals surface area contributed by atoms with Gasteiger partial charge in [0.25, 0.3) is 0 Å². The Labute approximate surface area is 86.0 Å². The molecular formula is C14H16. The quantitative estimate of drug-likeness (QED) is 0.616. The maximum atomic E-state index is 2.30. The molecule has 1 aromatic rings. The predicted octanol–water partition coefficient (Wildman–Crippen LogP) is 4.12. The fraction of sp³-hybridized carbons (Fsp3) is 0.286. The van der Waals surface area contributed by atoms with Gasteiger partial charge in [0.05, 0.1) is 0 Å². The van der Waals surface area contributed by atoms with Gasteiger partial charge in [0, 0.05) is 0 Å². The van der Waals surface area contributed by atoms with Crippen LogP contribution >= 0.6 is 0 Å². The zero-order valence-corrected chi connectivity index (χ0v) is 8.88. The maximum absolute atomic E-state index is 2.30. The second kappa shape index (κ2) is 3.83. The average Bonchev–Trinajstić information content (AvgIpc) is 2.19. The van der Waals surface area contributed by atoms with Crippen LogP contribution in [0.25, 0.3) is 5.57 Å². The minimum absolute atomic E-state index is 1.18. The number of aryl methyl sites for hydroxylation is 1. The molecule has 0 heterocycles. The van der Waals surface area contributed by atoms with Crippen molar-refractivity contribution in [1.29, 1.82) is 0 Å². The van der Waals surface area contributed by atoms with E-state index in [4.69, 9.17) is 0 Å². The van der Waals surface area contributed by atoms with Crippen LogP contribution in [-0.4, -0.2) is 0 Å². The van der Waals surface area contributed by atoms with Gasteiger partial charge in [0.15, 0.2) is 0 Å². The van der Waals surface area contributed by atoms with Crippen molar-refractivity contribution >= 4 is 5.57 Å². The molecule has 72 valence electrons. The third-order valence-corrected chi connectivity index (χ3v) is 2.70. The first-order valence-corrected chi connectivity index (χ1v) is 5.20. The summed E-state index contributed by atoms with van der Waals surface area (Å²) in [5.74, 6) is 0. The van der Waals surface area contributed by atoms with Gasteiger partial charge in [-0.25, -0.2) is 0 Å². The van der Waals surface area contributed by atoms with Gasteiger partial charge in [-0.1, -0.05) is 47.6 Å². The Morgan fingerprint density at radius 3 is 2.36 bits per heavy atom. The van der Waals surface area contributed by atoms with Crippen LogP contribution in [0.4, 0.5) is 0 Å². The van der Waals surface area contributed by atoms with E-state index in [9.17, 15) is 0 Å². The molecule has 0 N–H and O–H groups in total. The lowest BCUT2D eigenvalue weighted by atomic mass is 9.94. The molecule has 0 saturated heterocycles. The highest BCUT2D eigenvalue weighted by molar-refractivity contribution is 5.69. The fourth-order valence-corrected chi connectivity index (χ4v) is 1.86. The van der Waals surface area contributed by atoms with E-state index >= 15 is 0 Å². The second-order valence-corrected chi connectivity index (χ2v) is 4.02. The molecule has 0 unspecified atom stereocenters. The van der Waals surface area contributed by atoms with E-state index < -0.39 is 0 Å². The third-order valence-electron chi connectivity index (χ3n) is 2.70. The summed E-state index contributed by atoms with van der Waals surface area (Å²) in [4.78, 5) is 0. The van der Waals surface area contributed by atoms with Crippen LogP contribution in [0.5, 0.6) is 0 Å². The Kier molecular flexibility index (Phi) is 2.53. The zero-order valence-electron chi connectivity index (χ0n) is 8.88. The molecule has 1 aliphatic rings. The van der Waals surface area contributed by atoms with Crippen molar-refractivity contribution in [2.24, 2.45) is 0 Å². The van der Waals surface area contributed by atoms with E-state index in [1.165, 1.54) is 35.1 Å². The number of benzene rings is 1. The molecule has 0 aromatic heterocycles. The average molecular weight is 184 g/mol. The first-order valence-electron chi connectivity index (χ1n) is 5.20. The minimum Gasteiger partial charge on any atom is -0.0813 e. The Bertz CT molecular complexity index is 377. The van der Waals surface area contributed by atoms with Crippen molar-refractivity contribution in [2.45, 2.75) is 26.7 Å². The first-order chi connectivity index (χ1) is 6.75. The van der Waals surface area contributed by atoms with Gasteiger partial charge < -0.3 is 0 Å². The monoisotopic (exact) mass is 184 g/mol. The van der Waals surface area contributed by atoms with Crippen LogP contribution in [0.2, 0.25) is 0 Å². The van der Waals surface area contributed by atoms with E-state index in [0.717, 1.165) is 0 Å². The van der Waals surface area contributed by atoms with Gasteiger partial charge in [-0.3, -0.25) is 0 Å². The molecule has 1 aliphatic carbocycles. The SMILES string of the molecule is CC1=CCCC(c2ccc(C)cc2)=C1. The Hall–Kier alpha value is -1.30. The Morgan fingerprint density at radius 1 is 1.00 bits per heavy atom.